The van der Waals surface area contributed by atoms with E-state index in [2.05, 4.69) is 47.5 Å². The number of aliphatic hydroxyl groups excluding tert-OH is 3. The van der Waals surface area contributed by atoms with Gasteiger partial charge in [0.2, 0.25) is 58.2 Å². The van der Waals surface area contributed by atoms with Crippen molar-refractivity contribution in [1.82, 2.24) is 52.4 Å². The number of H-pyrrole nitrogens is 1. The van der Waals surface area contributed by atoms with Crippen molar-refractivity contribution in [1.29, 1.82) is 0 Å². The van der Waals surface area contributed by atoms with E-state index in [0.717, 1.165) is 24.2 Å². The number of amides is 10. The van der Waals surface area contributed by atoms with Gasteiger partial charge in [-0.3, -0.25) is 43.2 Å². The molecule has 426 valence electrons. The molecule has 0 unspecified atom stereocenters. The smallest absolute Gasteiger partial charge is 0.407 e. The van der Waals surface area contributed by atoms with Crippen LogP contribution in [-0.4, -0.2) is 184 Å². The van der Waals surface area contributed by atoms with Gasteiger partial charge in [0.15, 0.2) is 6.04 Å². The lowest BCUT2D eigenvalue weighted by atomic mass is 9.93. The Labute approximate surface area is 449 Å². The largest absolute Gasteiger partial charge is 0.494 e. The lowest BCUT2D eigenvalue weighted by Gasteiger charge is -2.32. The average molecular weight is 1100 g/mol. The van der Waals surface area contributed by atoms with Gasteiger partial charge in [-0.25, -0.2) is 4.79 Å². The number of hydrogen-bond acceptors (Lipinski definition) is 15. The summed E-state index contributed by atoms with van der Waals surface area (Å²) in [5, 5.41) is 53.2. The first-order chi connectivity index (χ1) is 36.4. The fourth-order valence-corrected chi connectivity index (χ4v) is 10.2. The van der Waals surface area contributed by atoms with Gasteiger partial charge < -0.3 is 82.9 Å². The van der Waals surface area contributed by atoms with Gasteiger partial charge in [-0.2, -0.15) is 0 Å². The van der Waals surface area contributed by atoms with Gasteiger partial charge in [-0.15, -0.1) is 0 Å². The SMILES string of the molecule is CC[C@H](C)[C@@H]1NC(=O)CNC(=O)[C@H]2Cc3c([nH]c4cc(OCCCCCCNC(=O)OC(C)(C)C)ccc34)[SH+]C[C@H](NC(=O)CNC1=O)C(=O)N[C@@H](CC(N)=O)C(=O)N1C[C@H](O)C[C@H]1C(=O)N[C@@H]([C@@H](C)[C@@H](O)CO)C(=O)N2. The van der Waals surface area contributed by atoms with E-state index in [1.165, 1.54) is 6.92 Å². The van der Waals surface area contributed by atoms with Gasteiger partial charge in [-0.05, 0) is 51.7 Å². The Hall–Kier alpha value is -6.71. The summed E-state index contributed by atoms with van der Waals surface area (Å²) in [7, 11) is 0. The van der Waals surface area contributed by atoms with E-state index in [4.69, 9.17) is 15.2 Å². The van der Waals surface area contributed by atoms with Crippen molar-refractivity contribution < 1.29 is 72.7 Å². The number of benzene rings is 1. The lowest BCUT2D eigenvalue weighted by molar-refractivity contribution is -0.144. The number of unbranched alkanes of at least 4 members (excludes halogenated alkanes) is 3. The zero-order valence-corrected chi connectivity index (χ0v) is 45.2. The van der Waals surface area contributed by atoms with Crippen LogP contribution in [0.4, 0.5) is 4.79 Å². The molecule has 2 bridgehead atoms. The van der Waals surface area contributed by atoms with Crippen LogP contribution in [0.25, 0.3) is 10.9 Å². The topological polar surface area (TPSA) is 391 Å². The number of aromatic amines is 1. The Morgan fingerprint density at radius 1 is 0.857 bits per heavy atom. The normalized spacial score (nSPS) is 24.8. The molecule has 10 amide bonds. The molecule has 3 aliphatic rings. The van der Waals surface area contributed by atoms with Crippen LogP contribution in [-0.2, 0) is 66.1 Å². The third-order valence-corrected chi connectivity index (χ3v) is 14.7. The number of alkyl carbamates (subject to hydrolysis) is 1. The number of hydrogen-bond donors (Lipinski definition) is 13. The second-order valence-electron chi connectivity index (χ2n) is 20.7. The van der Waals surface area contributed by atoms with Crippen molar-refractivity contribution in [3.05, 3.63) is 23.8 Å². The number of aromatic nitrogens is 1. The molecule has 0 radical (unpaired) electrons. The molecule has 14 N–H and O–H groups in total. The van der Waals surface area contributed by atoms with E-state index in [1.54, 1.807) is 52.8 Å². The molecule has 2 aromatic rings. The molecule has 0 spiro atoms. The van der Waals surface area contributed by atoms with Crippen LogP contribution in [0.3, 0.4) is 0 Å². The van der Waals surface area contributed by atoms with Crippen molar-refractivity contribution in [2.75, 3.05) is 45.1 Å². The molecular formula is C50H76N11O15S+. The average Bonchev–Trinajstić information content (AvgIpc) is 3.93. The Bertz CT molecular complexity index is 2490. The summed E-state index contributed by atoms with van der Waals surface area (Å²) in [6.07, 6.45) is -1.50. The number of carbonyl (C=O) groups is 10. The maximum Gasteiger partial charge on any atom is 0.407 e. The Kier molecular flexibility index (Phi) is 22.3. The number of nitrogens with zero attached hydrogens (tertiary/aromatic N) is 1. The Balaban J connectivity index is 1.59. The van der Waals surface area contributed by atoms with Crippen molar-refractivity contribution >= 4 is 81.9 Å². The first-order valence-electron chi connectivity index (χ1n) is 25.9. The third-order valence-electron chi connectivity index (χ3n) is 13.4. The number of fused-ring (bicyclic) bond motifs is 5. The van der Waals surface area contributed by atoms with Gasteiger partial charge in [0.05, 0.1) is 50.4 Å². The Morgan fingerprint density at radius 3 is 2.22 bits per heavy atom. The minimum Gasteiger partial charge on any atom is -0.494 e. The Morgan fingerprint density at radius 2 is 1.55 bits per heavy atom. The fourth-order valence-electron chi connectivity index (χ4n) is 8.97. The minimum atomic E-state index is -1.75. The number of rotatable bonds is 15. The molecule has 27 heteroatoms. The molecule has 0 aliphatic carbocycles. The second kappa shape index (κ2) is 28.1. The summed E-state index contributed by atoms with van der Waals surface area (Å²) in [5.41, 5.74) is 5.87. The van der Waals surface area contributed by atoms with E-state index >= 15 is 0 Å². The van der Waals surface area contributed by atoms with Crippen molar-refractivity contribution in [2.24, 2.45) is 17.6 Å². The van der Waals surface area contributed by atoms with E-state index in [1.807, 2.05) is 0 Å². The van der Waals surface area contributed by atoms with E-state index in [9.17, 15) is 63.3 Å². The standard InChI is InChI=1S/C50H75N11O15S/c1-7-25(2)40-45(71)54-20-38(66)55-34-24-77-47-30(29-13-12-28(17-31(29)58-47)75-15-11-9-8-10-14-52-49(74)76-50(4,5)6)18-32(42(68)53-21-39(67)59-40)56-46(72)41(26(3)36(64)23-62)60-44(70)35-16-27(63)22-61(35)48(73)33(19-37(51)65)57-43(34)69/h12-13,17,25-27,32-36,40-41,58,62-64H,7-11,14-16,18-24H2,1-6H3,(H2,51,65)(H,52,74)(H,53,68)(H,54,71)(H,55,66)(H,56,72)(H,57,69)(H,59,67)(H,60,70)/p+1/t25-,26-,27+,32+,33-,34-,35-,36-,40-,41-/m0/s1. The van der Waals surface area contributed by atoms with Crippen molar-refractivity contribution in [3.63, 3.8) is 0 Å². The monoisotopic (exact) mass is 1100 g/mol. The first kappa shape index (κ1) is 61.1. The van der Waals surface area contributed by atoms with Gasteiger partial charge in [-0.1, -0.05) is 40.0 Å². The number of carbonyl (C=O) groups excluding carboxylic acids is 10. The number of thiol groups is 1. The molecule has 0 saturated carbocycles. The molecule has 26 nitrogen and oxygen atoms in total. The minimum absolute atomic E-state index is 0.250. The highest BCUT2D eigenvalue weighted by molar-refractivity contribution is 7.78. The highest BCUT2D eigenvalue weighted by Gasteiger charge is 2.45. The van der Waals surface area contributed by atoms with Gasteiger partial charge in [0.1, 0.15) is 47.3 Å². The highest BCUT2D eigenvalue weighted by Crippen LogP contribution is 2.30. The predicted molar refractivity (Wildman–Crippen MR) is 279 cm³/mol. The molecule has 3 aliphatic heterocycles. The molecule has 5 rings (SSSR count). The van der Waals surface area contributed by atoms with E-state index in [-0.39, 0.29) is 30.4 Å². The van der Waals surface area contributed by atoms with Gasteiger partial charge >= 0.3 is 6.09 Å². The molecule has 1 saturated heterocycles. The first-order valence-corrected chi connectivity index (χ1v) is 27.0. The number of nitrogens with two attached hydrogens (primary N) is 1. The van der Waals surface area contributed by atoms with Crippen molar-refractivity contribution in [3.8, 4) is 5.75 Å². The molecule has 77 heavy (non-hydrogen) atoms. The summed E-state index contributed by atoms with van der Waals surface area (Å²) >= 11 is 0.285. The third kappa shape index (κ3) is 17.7. The van der Waals surface area contributed by atoms with Crippen LogP contribution in [0.1, 0.15) is 92.1 Å². The van der Waals surface area contributed by atoms with Crippen LogP contribution in [0, 0.1) is 11.8 Å². The highest BCUT2D eigenvalue weighted by atomic mass is 32.2. The van der Waals surface area contributed by atoms with Crippen LogP contribution >= 0.6 is 0 Å². The molecular weight excluding hydrogens is 1030 g/mol. The summed E-state index contributed by atoms with van der Waals surface area (Å²) < 4.78 is 11.4. The number of primary amides is 1. The van der Waals surface area contributed by atoms with Crippen molar-refractivity contribution in [2.45, 2.75) is 152 Å². The zero-order chi connectivity index (χ0) is 56.7. The quantitative estimate of drug-likeness (QED) is 0.0478. The maximum absolute atomic E-state index is 14.7. The lowest BCUT2D eigenvalue weighted by Crippen LogP contribution is -2.62. The second-order valence-corrected chi connectivity index (χ2v) is 21.8. The summed E-state index contributed by atoms with van der Waals surface area (Å²) in [6.45, 7) is 8.24. The summed E-state index contributed by atoms with van der Waals surface area (Å²) in [5.74, 6) is -9.96. The van der Waals surface area contributed by atoms with Crippen LogP contribution < -0.4 is 53.0 Å². The molecule has 4 heterocycles. The number of nitrogens with one attached hydrogen (secondary N) is 9. The van der Waals surface area contributed by atoms with Gasteiger partial charge in [0.25, 0.3) is 0 Å². The van der Waals surface area contributed by atoms with Crippen LogP contribution in [0.15, 0.2) is 23.2 Å². The molecule has 1 fully saturated rings. The van der Waals surface area contributed by atoms with Gasteiger partial charge in [0, 0.05) is 60.6 Å². The maximum atomic E-state index is 14.7. The predicted octanol–water partition coefficient (Wildman–Crippen LogP) is -3.10. The zero-order valence-electron chi connectivity index (χ0n) is 44.3. The fraction of sp³-hybridized carbons (Fsp3) is 0.640. The van der Waals surface area contributed by atoms with E-state index < -0.39 is 158 Å². The molecule has 1 aromatic carbocycles. The molecule has 10 atom stereocenters. The number of ether oxygens (including phenoxy) is 2. The summed E-state index contributed by atoms with van der Waals surface area (Å²) in [6, 6.07) is -4.16. The number of aliphatic hydroxyl groups is 3. The van der Waals surface area contributed by atoms with Crippen LogP contribution in [0.2, 0.25) is 0 Å². The van der Waals surface area contributed by atoms with Crippen LogP contribution in [0.5, 0.6) is 5.75 Å². The molecule has 1 aromatic heterocycles. The summed E-state index contributed by atoms with van der Waals surface area (Å²) in [4.78, 5) is 142. The van der Waals surface area contributed by atoms with E-state index in [0.29, 0.717) is 53.2 Å².